The number of likely N-dealkylation sites (tertiary alicyclic amines) is 1. The summed E-state index contributed by atoms with van der Waals surface area (Å²) in [5.41, 5.74) is 1.85. The molecule has 1 aromatic carbocycles. The van der Waals surface area contributed by atoms with E-state index in [2.05, 4.69) is 22.3 Å². The first-order chi connectivity index (χ1) is 13.6. The second kappa shape index (κ2) is 10.4. The van der Waals surface area contributed by atoms with Gasteiger partial charge in [0.15, 0.2) is 0 Å². The lowest BCUT2D eigenvalue weighted by molar-refractivity contribution is -0.116. The summed E-state index contributed by atoms with van der Waals surface area (Å²) in [4.78, 5) is 19.4. The maximum absolute atomic E-state index is 12.4. The molecule has 0 bridgehead atoms. The summed E-state index contributed by atoms with van der Waals surface area (Å²) in [5.74, 6) is 1.66. The number of ether oxygens (including phenoxy) is 1. The number of carbonyl (C=O) groups excluding carboxylic acids is 1. The Kier molecular flexibility index (Phi) is 7.66. The van der Waals surface area contributed by atoms with E-state index in [0.717, 1.165) is 36.5 Å². The minimum Gasteiger partial charge on any atom is -0.497 e. The van der Waals surface area contributed by atoms with Crippen LogP contribution in [-0.4, -0.2) is 56.9 Å². The van der Waals surface area contributed by atoms with E-state index in [1.54, 1.807) is 13.3 Å². The average Bonchev–Trinajstić information content (AvgIpc) is 2.74. The standard InChI is InChI=1S/C23H33N3O2/c1-26-14-11-18(12-15-26)6-8-21-9-7-20(17-25-21)23(27)24-13-10-19-4-3-5-22(16-19)28-2/h3-5,7,16-18,21H,6,8-15H2,1-2H3,(H,24,27). The number of nitrogens with one attached hydrogen (secondary N) is 1. The van der Waals surface area contributed by atoms with Gasteiger partial charge in [0.05, 0.1) is 18.7 Å². The molecule has 1 unspecified atom stereocenters. The van der Waals surface area contributed by atoms with Crippen LogP contribution in [0.2, 0.25) is 0 Å². The van der Waals surface area contributed by atoms with E-state index in [0.29, 0.717) is 18.2 Å². The first-order valence-corrected chi connectivity index (χ1v) is 10.5. The number of hydrogen-bond acceptors (Lipinski definition) is 4. The number of dihydropyridines is 1. The number of carbonyl (C=O) groups is 1. The number of hydrogen-bond donors (Lipinski definition) is 1. The normalized spacial score (nSPS) is 20.6. The molecule has 1 aromatic rings. The molecule has 1 fully saturated rings. The fourth-order valence-corrected chi connectivity index (χ4v) is 3.94. The van der Waals surface area contributed by atoms with Gasteiger partial charge in [-0.1, -0.05) is 18.2 Å². The monoisotopic (exact) mass is 383 g/mol. The third kappa shape index (κ3) is 6.20. The molecule has 28 heavy (non-hydrogen) atoms. The summed E-state index contributed by atoms with van der Waals surface area (Å²) < 4.78 is 5.23. The molecule has 1 atom stereocenters. The fraction of sp³-hybridized carbons (Fsp3) is 0.565. The van der Waals surface area contributed by atoms with Crippen LogP contribution in [0.5, 0.6) is 5.75 Å². The second-order valence-electron chi connectivity index (χ2n) is 8.01. The second-order valence-corrected chi connectivity index (χ2v) is 8.01. The lowest BCUT2D eigenvalue weighted by Crippen LogP contribution is -2.31. The third-order valence-corrected chi connectivity index (χ3v) is 5.88. The molecule has 2 aliphatic rings. The number of amides is 1. The van der Waals surface area contributed by atoms with Crippen LogP contribution >= 0.6 is 0 Å². The summed E-state index contributed by atoms with van der Waals surface area (Å²) in [7, 11) is 3.87. The van der Waals surface area contributed by atoms with Gasteiger partial charge >= 0.3 is 0 Å². The van der Waals surface area contributed by atoms with Crippen LogP contribution in [0.25, 0.3) is 0 Å². The number of benzene rings is 1. The van der Waals surface area contributed by atoms with Gasteiger partial charge in [-0.2, -0.15) is 0 Å². The Balaban J connectivity index is 1.36. The molecule has 2 heterocycles. The van der Waals surface area contributed by atoms with Crippen molar-refractivity contribution in [3.63, 3.8) is 0 Å². The highest BCUT2D eigenvalue weighted by Crippen LogP contribution is 2.24. The topological polar surface area (TPSA) is 53.9 Å². The molecule has 2 aliphatic heterocycles. The van der Waals surface area contributed by atoms with Crippen molar-refractivity contribution in [1.29, 1.82) is 0 Å². The summed E-state index contributed by atoms with van der Waals surface area (Å²) in [5, 5.41) is 3.00. The Hall–Kier alpha value is -2.14. The van der Waals surface area contributed by atoms with Gasteiger partial charge in [0.1, 0.15) is 5.75 Å². The van der Waals surface area contributed by atoms with Crippen LogP contribution < -0.4 is 10.1 Å². The minimum absolute atomic E-state index is 0.0274. The predicted octanol–water partition coefficient (Wildman–Crippen LogP) is 3.25. The number of methoxy groups -OCH3 is 1. The number of aliphatic imine (C=N–C) groups is 1. The molecule has 1 saturated heterocycles. The van der Waals surface area contributed by atoms with Gasteiger partial charge in [-0.25, -0.2) is 0 Å². The Labute approximate surface area is 168 Å². The van der Waals surface area contributed by atoms with Gasteiger partial charge in [-0.3, -0.25) is 9.79 Å². The van der Waals surface area contributed by atoms with E-state index >= 15 is 0 Å². The zero-order valence-electron chi connectivity index (χ0n) is 17.2. The lowest BCUT2D eigenvalue weighted by atomic mass is 9.90. The largest absolute Gasteiger partial charge is 0.497 e. The van der Waals surface area contributed by atoms with Crippen molar-refractivity contribution in [3.05, 3.63) is 41.5 Å². The molecular formula is C23H33N3O2. The summed E-state index contributed by atoms with van der Waals surface area (Å²) in [6, 6.07) is 8.29. The maximum Gasteiger partial charge on any atom is 0.252 e. The van der Waals surface area contributed by atoms with Crippen molar-refractivity contribution in [2.45, 2.75) is 44.6 Å². The summed E-state index contributed by atoms with van der Waals surface area (Å²) >= 11 is 0. The zero-order chi connectivity index (χ0) is 19.8. The first-order valence-electron chi connectivity index (χ1n) is 10.5. The molecule has 0 aromatic heterocycles. The van der Waals surface area contributed by atoms with Gasteiger partial charge in [0, 0.05) is 12.8 Å². The van der Waals surface area contributed by atoms with Gasteiger partial charge in [-0.15, -0.1) is 0 Å². The number of rotatable bonds is 8. The average molecular weight is 384 g/mol. The zero-order valence-corrected chi connectivity index (χ0v) is 17.2. The molecule has 0 aliphatic carbocycles. The molecule has 152 valence electrons. The van der Waals surface area contributed by atoms with Crippen LogP contribution in [0, 0.1) is 5.92 Å². The Morgan fingerprint density at radius 1 is 1.29 bits per heavy atom. The van der Waals surface area contributed by atoms with Gasteiger partial charge in [0.2, 0.25) is 0 Å². The molecule has 5 heteroatoms. The molecule has 5 nitrogen and oxygen atoms in total. The smallest absolute Gasteiger partial charge is 0.252 e. The van der Waals surface area contributed by atoms with Crippen molar-refractivity contribution >= 4 is 12.1 Å². The van der Waals surface area contributed by atoms with Crippen molar-refractivity contribution in [3.8, 4) is 5.75 Å². The Morgan fingerprint density at radius 3 is 2.82 bits per heavy atom. The Morgan fingerprint density at radius 2 is 2.11 bits per heavy atom. The molecule has 1 N–H and O–H groups in total. The van der Waals surface area contributed by atoms with Crippen LogP contribution in [0.4, 0.5) is 0 Å². The maximum atomic E-state index is 12.4. The number of nitrogens with zero attached hydrogens (tertiary/aromatic N) is 2. The molecule has 0 radical (unpaired) electrons. The highest BCUT2D eigenvalue weighted by atomic mass is 16.5. The SMILES string of the molecule is COc1cccc(CCNC(=O)C2=CCC(CCC3CCN(C)CC3)N=C2)c1. The van der Waals surface area contributed by atoms with E-state index in [-0.39, 0.29) is 5.91 Å². The van der Waals surface area contributed by atoms with Crippen LogP contribution in [-0.2, 0) is 11.2 Å². The lowest BCUT2D eigenvalue weighted by Gasteiger charge is -2.29. The number of piperidine rings is 1. The van der Waals surface area contributed by atoms with Crippen molar-refractivity contribution < 1.29 is 9.53 Å². The van der Waals surface area contributed by atoms with E-state index in [4.69, 9.17) is 4.74 Å². The van der Waals surface area contributed by atoms with Crippen LogP contribution in [0.1, 0.15) is 37.7 Å². The van der Waals surface area contributed by atoms with Crippen LogP contribution in [0.15, 0.2) is 40.9 Å². The molecule has 0 saturated carbocycles. The quantitative estimate of drug-likeness (QED) is 0.750. The van der Waals surface area contributed by atoms with E-state index in [1.807, 2.05) is 30.3 Å². The van der Waals surface area contributed by atoms with Gasteiger partial charge < -0.3 is 15.0 Å². The highest BCUT2D eigenvalue weighted by Gasteiger charge is 2.19. The van der Waals surface area contributed by atoms with Gasteiger partial charge in [-0.05, 0) is 82.3 Å². The van der Waals surface area contributed by atoms with Crippen LogP contribution in [0.3, 0.4) is 0 Å². The van der Waals surface area contributed by atoms with Crippen molar-refractivity contribution in [2.24, 2.45) is 10.9 Å². The summed E-state index contributed by atoms with van der Waals surface area (Å²) in [6.07, 6.45) is 10.5. The van der Waals surface area contributed by atoms with E-state index in [9.17, 15) is 4.79 Å². The van der Waals surface area contributed by atoms with E-state index < -0.39 is 0 Å². The fourth-order valence-electron chi connectivity index (χ4n) is 3.94. The molecular weight excluding hydrogens is 350 g/mol. The Bertz CT molecular complexity index is 706. The summed E-state index contributed by atoms with van der Waals surface area (Å²) in [6.45, 7) is 3.05. The first kappa shape index (κ1) is 20.6. The molecule has 1 amide bonds. The molecule has 0 spiro atoms. The van der Waals surface area contributed by atoms with E-state index in [1.165, 1.54) is 32.4 Å². The van der Waals surface area contributed by atoms with Crippen molar-refractivity contribution in [2.75, 3.05) is 33.8 Å². The highest BCUT2D eigenvalue weighted by molar-refractivity contribution is 6.12. The minimum atomic E-state index is -0.0274. The third-order valence-electron chi connectivity index (χ3n) is 5.88. The molecule has 3 rings (SSSR count). The van der Waals surface area contributed by atoms with Crippen molar-refractivity contribution in [1.82, 2.24) is 10.2 Å². The van der Waals surface area contributed by atoms with Gasteiger partial charge in [0.25, 0.3) is 5.91 Å². The predicted molar refractivity (Wildman–Crippen MR) is 114 cm³/mol.